The van der Waals surface area contributed by atoms with Gasteiger partial charge in [0.2, 0.25) is 0 Å². The monoisotopic (exact) mass is 230 g/mol. The standard InChI is InChI=1S/C14H15FN2/c1-9(2)14-11(4-3-7-17-14)10-5-6-12(15)13(16)8-10/h3-9H,16H2,1-2H3. The Kier molecular flexibility index (Phi) is 3.09. The van der Waals surface area contributed by atoms with Crippen molar-refractivity contribution in [3.63, 3.8) is 0 Å². The number of nitrogen functional groups attached to an aromatic ring is 1. The highest BCUT2D eigenvalue weighted by Crippen LogP contribution is 2.29. The molecule has 2 nitrogen and oxygen atoms in total. The van der Waals surface area contributed by atoms with Crippen LogP contribution in [0, 0.1) is 5.82 Å². The second-order valence-corrected chi connectivity index (χ2v) is 4.33. The molecule has 1 aromatic carbocycles. The third kappa shape index (κ3) is 2.28. The van der Waals surface area contributed by atoms with Crippen molar-refractivity contribution in [3.8, 4) is 11.1 Å². The van der Waals surface area contributed by atoms with E-state index in [-0.39, 0.29) is 11.5 Å². The minimum absolute atomic E-state index is 0.168. The number of benzene rings is 1. The molecule has 0 saturated carbocycles. The molecule has 0 fully saturated rings. The SMILES string of the molecule is CC(C)c1ncccc1-c1ccc(F)c(N)c1. The average molecular weight is 230 g/mol. The van der Waals surface area contributed by atoms with Crippen LogP contribution in [0.4, 0.5) is 10.1 Å². The third-order valence-electron chi connectivity index (χ3n) is 2.69. The molecule has 0 unspecified atom stereocenters. The maximum atomic E-state index is 13.1. The Labute approximate surface area is 100 Å². The lowest BCUT2D eigenvalue weighted by Crippen LogP contribution is -1.97. The number of nitrogens with two attached hydrogens (primary N) is 1. The van der Waals surface area contributed by atoms with E-state index in [1.54, 1.807) is 18.3 Å². The van der Waals surface area contributed by atoms with Crippen LogP contribution in [-0.2, 0) is 0 Å². The Morgan fingerprint density at radius 3 is 2.65 bits per heavy atom. The van der Waals surface area contributed by atoms with Crippen molar-refractivity contribution < 1.29 is 4.39 Å². The molecule has 2 rings (SSSR count). The molecule has 2 aromatic rings. The summed E-state index contributed by atoms with van der Waals surface area (Å²) in [6, 6.07) is 8.63. The summed E-state index contributed by atoms with van der Waals surface area (Å²) in [4.78, 5) is 4.37. The van der Waals surface area contributed by atoms with Crippen molar-refractivity contribution in [2.75, 3.05) is 5.73 Å². The molecule has 88 valence electrons. The highest BCUT2D eigenvalue weighted by molar-refractivity contribution is 5.69. The normalized spacial score (nSPS) is 10.8. The van der Waals surface area contributed by atoms with Crippen molar-refractivity contribution in [1.82, 2.24) is 4.98 Å². The zero-order valence-corrected chi connectivity index (χ0v) is 9.94. The van der Waals surface area contributed by atoms with Crippen molar-refractivity contribution in [2.24, 2.45) is 0 Å². The van der Waals surface area contributed by atoms with Crippen molar-refractivity contribution in [2.45, 2.75) is 19.8 Å². The number of halogens is 1. The van der Waals surface area contributed by atoms with Crippen LogP contribution >= 0.6 is 0 Å². The van der Waals surface area contributed by atoms with Gasteiger partial charge in [0.05, 0.1) is 11.4 Å². The number of hydrogen-bond donors (Lipinski definition) is 1. The quantitative estimate of drug-likeness (QED) is 0.801. The van der Waals surface area contributed by atoms with Gasteiger partial charge in [-0.2, -0.15) is 0 Å². The van der Waals surface area contributed by atoms with E-state index in [9.17, 15) is 4.39 Å². The first-order valence-electron chi connectivity index (χ1n) is 5.60. The van der Waals surface area contributed by atoms with E-state index >= 15 is 0 Å². The molecule has 0 bridgehead atoms. The predicted octanol–water partition coefficient (Wildman–Crippen LogP) is 3.59. The molecule has 0 aliphatic heterocycles. The Hall–Kier alpha value is -1.90. The lowest BCUT2D eigenvalue weighted by molar-refractivity contribution is 0.632. The maximum Gasteiger partial charge on any atom is 0.146 e. The molecule has 0 saturated heterocycles. The van der Waals surface area contributed by atoms with Gasteiger partial charge in [-0.25, -0.2) is 4.39 Å². The molecule has 0 spiro atoms. The maximum absolute atomic E-state index is 13.1. The largest absolute Gasteiger partial charge is 0.396 e. The Bertz CT molecular complexity index is 535. The molecule has 0 aliphatic rings. The zero-order chi connectivity index (χ0) is 12.4. The summed E-state index contributed by atoms with van der Waals surface area (Å²) in [7, 11) is 0. The number of anilines is 1. The van der Waals surface area contributed by atoms with E-state index in [4.69, 9.17) is 5.73 Å². The van der Waals surface area contributed by atoms with Crippen LogP contribution in [0.3, 0.4) is 0 Å². The van der Waals surface area contributed by atoms with Gasteiger partial charge in [-0.15, -0.1) is 0 Å². The lowest BCUT2D eigenvalue weighted by Gasteiger charge is -2.12. The van der Waals surface area contributed by atoms with Gasteiger partial charge in [-0.1, -0.05) is 26.0 Å². The highest BCUT2D eigenvalue weighted by Gasteiger charge is 2.10. The van der Waals surface area contributed by atoms with Crippen molar-refractivity contribution in [1.29, 1.82) is 0 Å². The fourth-order valence-corrected chi connectivity index (χ4v) is 1.83. The molecular weight excluding hydrogens is 215 g/mol. The van der Waals surface area contributed by atoms with E-state index in [0.29, 0.717) is 5.92 Å². The molecule has 1 heterocycles. The fourth-order valence-electron chi connectivity index (χ4n) is 1.83. The van der Waals surface area contributed by atoms with Crippen LogP contribution in [0.15, 0.2) is 36.5 Å². The smallest absolute Gasteiger partial charge is 0.146 e. The van der Waals surface area contributed by atoms with E-state index in [0.717, 1.165) is 16.8 Å². The first-order valence-corrected chi connectivity index (χ1v) is 5.60. The minimum atomic E-state index is -0.385. The molecule has 0 radical (unpaired) electrons. The van der Waals surface area contributed by atoms with Gasteiger partial charge < -0.3 is 5.73 Å². The molecule has 1 aromatic heterocycles. The molecule has 3 heteroatoms. The summed E-state index contributed by atoms with van der Waals surface area (Å²) in [5, 5.41) is 0. The molecule has 0 amide bonds. The second kappa shape index (κ2) is 4.53. The molecule has 17 heavy (non-hydrogen) atoms. The van der Waals surface area contributed by atoms with Gasteiger partial charge in [0, 0.05) is 11.8 Å². The molecule has 0 atom stereocenters. The number of pyridine rings is 1. The molecule has 0 aliphatic carbocycles. The van der Waals surface area contributed by atoms with Crippen LogP contribution in [0.25, 0.3) is 11.1 Å². The third-order valence-corrected chi connectivity index (χ3v) is 2.69. The van der Waals surface area contributed by atoms with Crippen LogP contribution < -0.4 is 5.73 Å². The first-order chi connectivity index (χ1) is 8.09. The molecular formula is C14H15FN2. The topological polar surface area (TPSA) is 38.9 Å². The predicted molar refractivity (Wildman–Crippen MR) is 68.1 cm³/mol. The summed E-state index contributed by atoms with van der Waals surface area (Å²) < 4.78 is 13.1. The van der Waals surface area contributed by atoms with Gasteiger partial charge >= 0.3 is 0 Å². The van der Waals surface area contributed by atoms with Crippen LogP contribution in [-0.4, -0.2) is 4.98 Å². The average Bonchev–Trinajstić information content (AvgIpc) is 2.32. The first kappa shape index (κ1) is 11.6. The Balaban J connectivity index is 2.56. The van der Waals surface area contributed by atoms with E-state index in [1.165, 1.54) is 6.07 Å². The summed E-state index contributed by atoms with van der Waals surface area (Å²) in [6.45, 7) is 4.16. The summed E-state index contributed by atoms with van der Waals surface area (Å²) in [5.41, 5.74) is 8.67. The van der Waals surface area contributed by atoms with Gasteiger partial charge in [-0.05, 0) is 29.7 Å². The minimum Gasteiger partial charge on any atom is -0.396 e. The Morgan fingerprint density at radius 1 is 1.24 bits per heavy atom. The summed E-state index contributed by atoms with van der Waals surface area (Å²) in [6.07, 6.45) is 1.77. The lowest BCUT2D eigenvalue weighted by atomic mass is 9.97. The van der Waals surface area contributed by atoms with Crippen molar-refractivity contribution >= 4 is 5.69 Å². The summed E-state index contributed by atoms with van der Waals surface area (Å²) in [5.74, 6) is -0.0683. The van der Waals surface area contributed by atoms with Crippen molar-refractivity contribution in [3.05, 3.63) is 48.0 Å². The van der Waals surface area contributed by atoms with E-state index < -0.39 is 0 Å². The number of aromatic nitrogens is 1. The second-order valence-electron chi connectivity index (χ2n) is 4.33. The van der Waals surface area contributed by atoms with Gasteiger partial charge in [0.15, 0.2) is 0 Å². The Morgan fingerprint density at radius 2 is 2.00 bits per heavy atom. The number of rotatable bonds is 2. The number of nitrogens with zero attached hydrogens (tertiary/aromatic N) is 1. The number of hydrogen-bond acceptors (Lipinski definition) is 2. The van der Waals surface area contributed by atoms with Crippen LogP contribution in [0.1, 0.15) is 25.5 Å². The fraction of sp³-hybridized carbons (Fsp3) is 0.214. The van der Waals surface area contributed by atoms with Crippen LogP contribution in [0.2, 0.25) is 0 Å². The van der Waals surface area contributed by atoms with Gasteiger partial charge in [-0.3, -0.25) is 4.98 Å². The molecule has 2 N–H and O–H groups in total. The van der Waals surface area contributed by atoms with Crippen LogP contribution in [0.5, 0.6) is 0 Å². The van der Waals surface area contributed by atoms with Gasteiger partial charge in [0.25, 0.3) is 0 Å². The zero-order valence-electron chi connectivity index (χ0n) is 9.94. The van der Waals surface area contributed by atoms with E-state index in [1.807, 2.05) is 12.1 Å². The van der Waals surface area contributed by atoms with E-state index in [2.05, 4.69) is 18.8 Å². The summed E-state index contributed by atoms with van der Waals surface area (Å²) >= 11 is 0. The van der Waals surface area contributed by atoms with Gasteiger partial charge in [0.1, 0.15) is 5.82 Å². The highest BCUT2D eigenvalue weighted by atomic mass is 19.1.